The SMILES string of the molecule is OC1CC2CC3CCC4CC1C324. The highest BCUT2D eigenvalue weighted by Crippen LogP contribution is 2.80. The van der Waals surface area contributed by atoms with Gasteiger partial charge >= 0.3 is 0 Å². The average Bonchev–Trinajstić information content (AvgIpc) is 2.27. The van der Waals surface area contributed by atoms with Crippen molar-refractivity contribution >= 4 is 0 Å². The Morgan fingerprint density at radius 3 is 2.33 bits per heavy atom. The second kappa shape index (κ2) is 1.61. The Morgan fingerprint density at radius 1 is 0.917 bits per heavy atom. The van der Waals surface area contributed by atoms with Crippen molar-refractivity contribution in [3.05, 3.63) is 0 Å². The van der Waals surface area contributed by atoms with E-state index < -0.39 is 0 Å². The first-order valence-corrected chi connectivity index (χ1v) is 5.51. The molecule has 0 amide bonds. The van der Waals surface area contributed by atoms with Crippen molar-refractivity contribution in [1.29, 1.82) is 0 Å². The maximum atomic E-state index is 9.86. The molecule has 0 aromatic carbocycles. The zero-order chi connectivity index (χ0) is 7.92. The molecular formula is C11H16O. The highest BCUT2D eigenvalue weighted by Gasteiger charge is 2.75. The summed E-state index contributed by atoms with van der Waals surface area (Å²) < 4.78 is 0. The topological polar surface area (TPSA) is 20.2 Å². The minimum atomic E-state index is 0.0920. The Bertz CT molecular complexity index is 241. The Balaban J connectivity index is 1.83. The van der Waals surface area contributed by atoms with Crippen molar-refractivity contribution in [1.82, 2.24) is 0 Å². The molecule has 4 aliphatic rings. The predicted molar refractivity (Wildman–Crippen MR) is 45.5 cm³/mol. The fourth-order valence-corrected chi connectivity index (χ4v) is 5.44. The average molecular weight is 164 g/mol. The predicted octanol–water partition coefficient (Wildman–Crippen LogP) is 1.80. The lowest BCUT2D eigenvalue weighted by molar-refractivity contribution is -0.158. The number of aliphatic hydroxyl groups excluding tert-OH is 1. The molecule has 6 unspecified atom stereocenters. The molecule has 0 heterocycles. The van der Waals surface area contributed by atoms with Crippen molar-refractivity contribution in [3.8, 4) is 0 Å². The largest absolute Gasteiger partial charge is 0.393 e. The van der Waals surface area contributed by atoms with Crippen LogP contribution in [0.2, 0.25) is 0 Å². The molecule has 0 bridgehead atoms. The highest BCUT2D eigenvalue weighted by molar-refractivity contribution is 5.23. The maximum Gasteiger partial charge on any atom is 0.0577 e. The van der Waals surface area contributed by atoms with Gasteiger partial charge in [0.15, 0.2) is 0 Å². The summed E-state index contributed by atoms with van der Waals surface area (Å²) in [4.78, 5) is 0. The Labute approximate surface area is 73.2 Å². The van der Waals surface area contributed by atoms with E-state index in [4.69, 9.17) is 0 Å². The quantitative estimate of drug-likeness (QED) is 0.579. The van der Waals surface area contributed by atoms with Gasteiger partial charge in [0.25, 0.3) is 0 Å². The first-order chi connectivity index (χ1) is 5.83. The van der Waals surface area contributed by atoms with Crippen LogP contribution in [-0.2, 0) is 0 Å². The van der Waals surface area contributed by atoms with Crippen LogP contribution in [-0.4, -0.2) is 11.2 Å². The van der Waals surface area contributed by atoms with Gasteiger partial charge in [0.2, 0.25) is 0 Å². The lowest BCUT2D eigenvalue weighted by atomic mass is 9.42. The van der Waals surface area contributed by atoms with Gasteiger partial charge in [-0.15, -0.1) is 0 Å². The van der Waals surface area contributed by atoms with Gasteiger partial charge in [0.05, 0.1) is 6.10 Å². The van der Waals surface area contributed by atoms with Crippen molar-refractivity contribution in [2.24, 2.45) is 29.1 Å². The zero-order valence-electron chi connectivity index (χ0n) is 7.37. The lowest BCUT2D eigenvalue weighted by Crippen LogP contribution is -2.58. The van der Waals surface area contributed by atoms with Crippen LogP contribution in [0.15, 0.2) is 0 Å². The smallest absolute Gasteiger partial charge is 0.0577 e. The van der Waals surface area contributed by atoms with Crippen LogP contribution >= 0.6 is 0 Å². The summed E-state index contributed by atoms with van der Waals surface area (Å²) in [7, 11) is 0. The Morgan fingerprint density at radius 2 is 1.67 bits per heavy atom. The van der Waals surface area contributed by atoms with Gasteiger partial charge in [-0.25, -0.2) is 0 Å². The van der Waals surface area contributed by atoms with E-state index in [0.29, 0.717) is 0 Å². The molecule has 4 fully saturated rings. The van der Waals surface area contributed by atoms with Crippen molar-refractivity contribution in [2.75, 3.05) is 0 Å². The summed E-state index contributed by atoms with van der Waals surface area (Å²) in [6.07, 6.45) is 7.05. The molecule has 1 spiro atoms. The van der Waals surface area contributed by atoms with E-state index in [-0.39, 0.29) is 6.10 Å². The third kappa shape index (κ3) is 0.396. The van der Waals surface area contributed by atoms with Crippen LogP contribution in [0.5, 0.6) is 0 Å². The van der Waals surface area contributed by atoms with Crippen molar-refractivity contribution in [3.63, 3.8) is 0 Å². The molecule has 6 atom stereocenters. The van der Waals surface area contributed by atoms with Crippen LogP contribution < -0.4 is 0 Å². The van der Waals surface area contributed by atoms with Crippen LogP contribution in [0.25, 0.3) is 0 Å². The molecule has 12 heavy (non-hydrogen) atoms. The van der Waals surface area contributed by atoms with Crippen molar-refractivity contribution in [2.45, 2.75) is 38.2 Å². The van der Waals surface area contributed by atoms with E-state index in [2.05, 4.69) is 0 Å². The van der Waals surface area contributed by atoms with E-state index >= 15 is 0 Å². The van der Waals surface area contributed by atoms with Crippen LogP contribution in [0.1, 0.15) is 32.1 Å². The molecule has 4 aliphatic carbocycles. The second-order valence-corrected chi connectivity index (χ2v) is 5.55. The Kier molecular flexibility index (Phi) is 0.863. The van der Waals surface area contributed by atoms with Crippen molar-refractivity contribution < 1.29 is 5.11 Å². The summed E-state index contributed by atoms with van der Waals surface area (Å²) in [5.41, 5.74) is 0.722. The van der Waals surface area contributed by atoms with Crippen LogP contribution in [0.4, 0.5) is 0 Å². The molecule has 1 nitrogen and oxygen atoms in total. The normalized spacial score (nSPS) is 71.2. The Hall–Kier alpha value is -0.0400. The maximum absolute atomic E-state index is 9.86. The fraction of sp³-hybridized carbons (Fsp3) is 1.00. The van der Waals surface area contributed by atoms with E-state index in [1.807, 2.05) is 0 Å². The monoisotopic (exact) mass is 164 g/mol. The summed E-state index contributed by atoms with van der Waals surface area (Å²) in [6.45, 7) is 0. The minimum Gasteiger partial charge on any atom is -0.393 e. The second-order valence-electron chi connectivity index (χ2n) is 5.55. The molecular weight excluding hydrogens is 148 g/mol. The third-order valence-corrected chi connectivity index (χ3v) is 5.73. The summed E-state index contributed by atoms with van der Waals surface area (Å²) in [6, 6.07) is 0. The summed E-state index contributed by atoms with van der Waals surface area (Å²) >= 11 is 0. The van der Waals surface area contributed by atoms with E-state index in [0.717, 1.165) is 35.5 Å². The standard InChI is InChI=1S/C11H16O/c12-10-5-8-3-6-1-2-7-4-9(10)11(6,7)8/h6-10,12H,1-5H2. The molecule has 4 saturated carbocycles. The number of rotatable bonds is 0. The molecule has 66 valence electrons. The highest BCUT2D eigenvalue weighted by atomic mass is 16.3. The number of aliphatic hydroxyl groups is 1. The van der Waals surface area contributed by atoms with Gasteiger partial charge in [0.1, 0.15) is 0 Å². The van der Waals surface area contributed by atoms with Gasteiger partial charge < -0.3 is 5.11 Å². The number of hydrogen-bond donors (Lipinski definition) is 1. The van der Waals surface area contributed by atoms with Crippen LogP contribution in [0, 0.1) is 29.1 Å². The third-order valence-electron chi connectivity index (χ3n) is 5.73. The molecule has 1 heteroatoms. The number of hydrogen-bond acceptors (Lipinski definition) is 1. The van der Waals surface area contributed by atoms with E-state index in [9.17, 15) is 5.11 Å². The van der Waals surface area contributed by atoms with E-state index in [1.165, 1.54) is 25.7 Å². The molecule has 0 saturated heterocycles. The lowest BCUT2D eigenvalue weighted by Gasteiger charge is -2.62. The molecule has 0 aromatic heterocycles. The molecule has 1 N–H and O–H groups in total. The molecule has 0 radical (unpaired) electrons. The fourth-order valence-electron chi connectivity index (χ4n) is 5.44. The van der Waals surface area contributed by atoms with Gasteiger partial charge in [-0.1, -0.05) is 0 Å². The first kappa shape index (κ1) is 6.42. The first-order valence-electron chi connectivity index (χ1n) is 5.51. The molecule has 0 aromatic rings. The molecule has 0 aliphatic heterocycles. The summed E-state index contributed by atoms with van der Waals surface area (Å²) in [5.74, 6) is 3.78. The van der Waals surface area contributed by atoms with E-state index in [1.54, 1.807) is 0 Å². The minimum absolute atomic E-state index is 0.0920. The summed E-state index contributed by atoms with van der Waals surface area (Å²) in [5, 5.41) is 9.86. The van der Waals surface area contributed by atoms with Crippen LogP contribution in [0.3, 0.4) is 0 Å². The van der Waals surface area contributed by atoms with Gasteiger partial charge in [0, 0.05) is 0 Å². The zero-order valence-corrected chi connectivity index (χ0v) is 7.37. The van der Waals surface area contributed by atoms with Gasteiger partial charge in [-0.2, -0.15) is 0 Å². The van der Waals surface area contributed by atoms with Gasteiger partial charge in [-0.3, -0.25) is 0 Å². The molecule has 4 rings (SSSR count). The van der Waals surface area contributed by atoms with Gasteiger partial charge in [-0.05, 0) is 61.2 Å².